The summed E-state index contributed by atoms with van der Waals surface area (Å²) in [6.45, 7) is 2.86. The molecule has 166 valence electrons. The summed E-state index contributed by atoms with van der Waals surface area (Å²) in [6, 6.07) is 18.2. The Morgan fingerprint density at radius 3 is 2.62 bits per heavy atom. The van der Waals surface area contributed by atoms with E-state index in [1.165, 1.54) is 10.2 Å². The zero-order valence-electron chi connectivity index (χ0n) is 18.6. The fraction of sp³-hybridized carbons (Fsp3) is 0.320. The summed E-state index contributed by atoms with van der Waals surface area (Å²) in [7, 11) is 3.71. The van der Waals surface area contributed by atoms with Gasteiger partial charge in [-0.25, -0.2) is 4.68 Å². The fourth-order valence-corrected chi connectivity index (χ4v) is 4.12. The number of aromatic nitrogens is 3. The molecule has 0 aliphatic heterocycles. The number of amides is 1. The zero-order valence-corrected chi connectivity index (χ0v) is 18.6. The van der Waals surface area contributed by atoms with E-state index < -0.39 is 0 Å². The minimum absolute atomic E-state index is 0.0356. The lowest BCUT2D eigenvalue weighted by Crippen LogP contribution is -2.32. The van der Waals surface area contributed by atoms with Gasteiger partial charge in [0.25, 0.3) is 5.56 Å². The van der Waals surface area contributed by atoms with Crippen LogP contribution in [0.2, 0.25) is 0 Å². The second kappa shape index (κ2) is 9.78. The van der Waals surface area contributed by atoms with Gasteiger partial charge < -0.3 is 14.8 Å². The number of carbonyl (C=O) groups excluding carboxylic acids is 1. The summed E-state index contributed by atoms with van der Waals surface area (Å²) in [5, 5.41) is 9.05. The lowest BCUT2D eigenvalue weighted by Gasteiger charge is -2.17. The van der Waals surface area contributed by atoms with E-state index >= 15 is 0 Å². The number of likely N-dealkylation sites (N-methyl/N-ethyl adjacent to an activating group) is 1. The molecule has 2 aromatic carbocycles. The van der Waals surface area contributed by atoms with Crippen LogP contribution < -0.4 is 10.9 Å². The third-order valence-corrected chi connectivity index (χ3v) is 5.76. The molecule has 1 N–H and O–H groups in total. The van der Waals surface area contributed by atoms with Gasteiger partial charge in [-0.3, -0.25) is 9.59 Å². The molecule has 32 heavy (non-hydrogen) atoms. The number of benzene rings is 2. The van der Waals surface area contributed by atoms with Crippen LogP contribution in [0.4, 0.5) is 0 Å². The van der Waals surface area contributed by atoms with Crippen molar-refractivity contribution in [2.75, 3.05) is 20.1 Å². The molecular formula is C25H29N5O2. The summed E-state index contributed by atoms with van der Waals surface area (Å²) < 4.78 is 3.38. The van der Waals surface area contributed by atoms with Gasteiger partial charge in [-0.15, -0.1) is 0 Å². The van der Waals surface area contributed by atoms with Gasteiger partial charge in [-0.05, 0) is 25.1 Å². The van der Waals surface area contributed by atoms with Crippen molar-refractivity contribution in [1.82, 2.24) is 24.6 Å². The van der Waals surface area contributed by atoms with Gasteiger partial charge in [-0.2, -0.15) is 5.10 Å². The maximum atomic E-state index is 12.7. The molecule has 4 aromatic rings. The largest absolute Gasteiger partial charge is 0.355 e. The molecule has 4 rings (SSSR count). The average molecular weight is 432 g/mol. The second-order valence-electron chi connectivity index (χ2n) is 8.18. The molecule has 0 fully saturated rings. The van der Waals surface area contributed by atoms with Crippen LogP contribution in [0.3, 0.4) is 0 Å². The Morgan fingerprint density at radius 1 is 1.06 bits per heavy atom. The number of rotatable bonds is 9. The first-order chi connectivity index (χ1) is 15.5. The van der Waals surface area contributed by atoms with E-state index in [1.807, 2.05) is 47.0 Å². The Morgan fingerprint density at radius 2 is 1.81 bits per heavy atom. The van der Waals surface area contributed by atoms with Crippen molar-refractivity contribution in [3.05, 3.63) is 76.7 Å². The van der Waals surface area contributed by atoms with Crippen LogP contribution in [0.1, 0.15) is 18.4 Å². The summed E-state index contributed by atoms with van der Waals surface area (Å²) in [6.07, 6.45) is 2.82. The van der Waals surface area contributed by atoms with Crippen molar-refractivity contribution in [2.45, 2.75) is 25.9 Å². The van der Waals surface area contributed by atoms with E-state index in [1.54, 1.807) is 13.2 Å². The van der Waals surface area contributed by atoms with Crippen molar-refractivity contribution in [1.29, 1.82) is 0 Å². The molecule has 0 atom stereocenters. The van der Waals surface area contributed by atoms with Gasteiger partial charge >= 0.3 is 0 Å². The van der Waals surface area contributed by atoms with Crippen LogP contribution in [-0.4, -0.2) is 45.3 Å². The van der Waals surface area contributed by atoms with Gasteiger partial charge in [0.05, 0.1) is 6.20 Å². The first-order valence-corrected chi connectivity index (χ1v) is 11.0. The Bertz CT molecular complexity index is 1280. The maximum Gasteiger partial charge on any atom is 0.291 e. The van der Waals surface area contributed by atoms with E-state index in [9.17, 15) is 9.59 Å². The smallest absolute Gasteiger partial charge is 0.291 e. The summed E-state index contributed by atoms with van der Waals surface area (Å²) >= 11 is 0. The number of hydrogen-bond acceptors (Lipinski definition) is 4. The molecule has 0 aliphatic rings. The number of carbonyl (C=O) groups is 1. The monoisotopic (exact) mass is 431 g/mol. The minimum atomic E-state index is -0.121. The number of nitrogens with zero attached hydrogens (tertiary/aromatic N) is 4. The quantitative estimate of drug-likeness (QED) is 0.442. The zero-order chi connectivity index (χ0) is 22.5. The number of aryl methyl sites for hydroxylation is 2. The molecule has 1 amide bonds. The highest BCUT2D eigenvalue weighted by Gasteiger charge is 2.15. The standard InChI is InChI=1S/C25H29N5O2/c1-28(18-19-9-4-3-5-10-19)16-14-26-23(31)13-8-15-30-22-12-7-6-11-20(22)21-17-27-29(2)25(32)24(21)30/h3-7,9-12,17H,8,13-16,18H2,1-2H3,(H,26,31). The van der Waals surface area contributed by atoms with E-state index in [-0.39, 0.29) is 11.5 Å². The third-order valence-electron chi connectivity index (χ3n) is 5.76. The van der Waals surface area contributed by atoms with E-state index in [4.69, 9.17) is 0 Å². The molecule has 0 bridgehead atoms. The van der Waals surface area contributed by atoms with E-state index in [2.05, 4.69) is 34.5 Å². The van der Waals surface area contributed by atoms with Crippen LogP contribution in [0.25, 0.3) is 21.8 Å². The van der Waals surface area contributed by atoms with Gasteiger partial charge in [0, 0.05) is 55.9 Å². The molecule has 0 saturated carbocycles. The highest BCUT2D eigenvalue weighted by Crippen LogP contribution is 2.26. The van der Waals surface area contributed by atoms with Crippen molar-refractivity contribution in [3.63, 3.8) is 0 Å². The highest BCUT2D eigenvalue weighted by atomic mass is 16.1. The first kappa shape index (κ1) is 21.8. The molecule has 0 radical (unpaired) electrons. The Hall–Kier alpha value is -3.45. The van der Waals surface area contributed by atoms with Crippen LogP contribution in [0, 0.1) is 0 Å². The average Bonchev–Trinajstić information content (AvgIpc) is 3.11. The van der Waals surface area contributed by atoms with Gasteiger partial charge in [0.1, 0.15) is 5.52 Å². The predicted octanol–water partition coefficient (Wildman–Crippen LogP) is 2.92. The molecule has 7 heteroatoms. The summed E-state index contributed by atoms with van der Waals surface area (Å²) in [5.41, 5.74) is 2.78. The van der Waals surface area contributed by atoms with Crippen LogP contribution in [-0.2, 0) is 24.9 Å². The van der Waals surface area contributed by atoms with Gasteiger partial charge in [0.2, 0.25) is 5.91 Å². The van der Waals surface area contributed by atoms with E-state index in [0.717, 1.165) is 29.4 Å². The van der Waals surface area contributed by atoms with Crippen molar-refractivity contribution < 1.29 is 4.79 Å². The molecule has 0 aliphatic carbocycles. The number of nitrogens with one attached hydrogen (secondary N) is 1. The lowest BCUT2D eigenvalue weighted by atomic mass is 10.2. The highest BCUT2D eigenvalue weighted by molar-refractivity contribution is 6.07. The number of fused-ring (bicyclic) bond motifs is 3. The van der Waals surface area contributed by atoms with Crippen LogP contribution in [0.15, 0.2) is 65.6 Å². The summed E-state index contributed by atoms with van der Waals surface area (Å²) in [5.74, 6) is 0.0356. The molecule has 2 heterocycles. The summed E-state index contributed by atoms with van der Waals surface area (Å²) in [4.78, 5) is 27.3. The van der Waals surface area contributed by atoms with Crippen LogP contribution >= 0.6 is 0 Å². The Balaban J connectivity index is 1.33. The molecule has 2 aromatic heterocycles. The normalized spacial score (nSPS) is 11.5. The minimum Gasteiger partial charge on any atom is -0.355 e. The maximum absolute atomic E-state index is 12.7. The third kappa shape index (κ3) is 4.73. The predicted molar refractivity (Wildman–Crippen MR) is 127 cm³/mol. The van der Waals surface area contributed by atoms with Crippen molar-refractivity contribution in [2.24, 2.45) is 7.05 Å². The van der Waals surface area contributed by atoms with Crippen molar-refractivity contribution in [3.8, 4) is 0 Å². The van der Waals surface area contributed by atoms with Crippen LogP contribution in [0.5, 0.6) is 0 Å². The molecule has 0 saturated heterocycles. The second-order valence-corrected chi connectivity index (χ2v) is 8.18. The lowest BCUT2D eigenvalue weighted by molar-refractivity contribution is -0.121. The SMILES string of the molecule is CN(CCNC(=O)CCCn1c2ccccc2c2cnn(C)c(=O)c21)Cc1ccccc1. The fourth-order valence-electron chi connectivity index (χ4n) is 4.12. The van der Waals surface area contributed by atoms with Crippen molar-refractivity contribution >= 4 is 27.7 Å². The molecular weight excluding hydrogens is 402 g/mol. The van der Waals surface area contributed by atoms with Gasteiger partial charge in [0.15, 0.2) is 0 Å². The molecule has 0 unspecified atom stereocenters. The van der Waals surface area contributed by atoms with Gasteiger partial charge in [-0.1, -0.05) is 48.5 Å². The topological polar surface area (TPSA) is 72.2 Å². The Kier molecular flexibility index (Phi) is 6.66. The molecule has 7 nitrogen and oxygen atoms in total. The molecule has 0 spiro atoms. The Labute approximate surface area is 187 Å². The number of hydrogen-bond donors (Lipinski definition) is 1. The van der Waals surface area contributed by atoms with E-state index in [0.29, 0.717) is 31.4 Å². The first-order valence-electron chi connectivity index (χ1n) is 11.0. The number of para-hydroxylation sites is 1.